The molecule has 0 saturated heterocycles. The summed E-state index contributed by atoms with van der Waals surface area (Å²) in [6, 6.07) is 2.43. The zero-order valence-electron chi connectivity index (χ0n) is 7.25. The second-order valence-corrected chi connectivity index (χ2v) is 4.21. The molecule has 0 aliphatic carbocycles. The molecule has 0 heterocycles. The summed E-state index contributed by atoms with van der Waals surface area (Å²) in [5.74, 6) is -1.76. The number of nitro groups is 1. The van der Waals surface area contributed by atoms with E-state index in [2.05, 4.69) is 0 Å². The Balaban J connectivity index is 0.00000225. The zero-order chi connectivity index (χ0) is 11.6. The van der Waals surface area contributed by atoms with E-state index >= 15 is 0 Å². The fourth-order valence-electron chi connectivity index (χ4n) is 1.03. The molecule has 1 aromatic rings. The van der Waals surface area contributed by atoms with Crippen molar-refractivity contribution in [3.8, 4) is 0 Å². The van der Waals surface area contributed by atoms with E-state index in [1.165, 1.54) is 0 Å². The summed E-state index contributed by atoms with van der Waals surface area (Å²) in [5, 5.41) is 10.4. The summed E-state index contributed by atoms with van der Waals surface area (Å²) in [5.41, 5.74) is -0.934. The number of rotatable bonds is 3. The van der Waals surface area contributed by atoms with Crippen LogP contribution in [0.5, 0.6) is 0 Å². The molecule has 0 atom stereocenters. The van der Waals surface area contributed by atoms with Crippen LogP contribution < -0.4 is 0 Å². The Morgan fingerprint density at radius 3 is 2.44 bits per heavy atom. The molecule has 1 N–H and O–H groups in total. The van der Waals surface area contributed by atoms with Crippen molar-refractivity contribution in [1.82, 2.24) is 0 Å². The quantitative estimate of drug-likeness (QED) is 0.368. The van der Waals surface area contributed by atoms with Crippen LogP contribution in [-0.2, 0) is 15.9 Å². The van der Waals surface area contributed by atoms with Gasteiger partial charge in [-0.3, -0.25) is 14.7 Å². The van der Waals surface area contributed by atoms with Crippen molar-refractivity contribution in [2.24, 2.45) is 0 Å². The van der Waals surface area contributed by atoms with Gasteiger partial charge >= 0.3 is 29.6 Å². The van der Waals surface area contributed by atoms with Crippen LogP contribution in [0.1, 0.15) is 5.56 Å². The van der Waals surface area contributed by atoms with Crippen LogP contribution in [0, 0.1) is 15.9 Å². The van der Waals surface area contributed by atoms with Crippen molar-refractivity contribution in [2.75, 3.05) is 0 Å². The van der Waals surface area contributed by atoms with Gasteiger partial charge in [0.1, 0.15) is 11.6 Å². The van der Waals surface area contributed by atoms with Crippen molar-refractivity contribution in [1.29, 1.82) is 0 Å². The van der Waals surface area contributed by atoms with Gasteiger partial charge in [0.05, 0.1) is 11.0 Å². The molecule has 0 fully saturated rings. The van der Waals surface area contributed by atoms with Gasteiger partial charge in [-0.15, -0.1) is 0 Å². The van der Waals surface area contributed by atoms with Crippen molar-refractivity contribution in [3.05, 3.63) is 39.7 Å². The van der Waals surface area contributed by atoms with E-state index in [1.807, 2.05) is 0 Å². The third-order valence-corrected chi connectivity index (χ3v) is 2.26. The number of halogens is 1. The van der Waals surface area contributed by atoms with Gasteiger partial charge in [0.15, 0.2) is 0 Å². The van der Waals surface area contributed by atoms with Crippen molar-refractivity contribution >= 4 is 45.4 Å². The Morgan fingerprint density at radius 2 is 2.00 bits per heavy atom. The maximum atomic E-state index is 12.6. The molecule has 0 saturated carbocycles. The minimum atomic E-state index is -4.37. The van der Waals surface area contributed by atoms with Gasteiger partial charge in [0.25, 0.3) is 15.8 Å². The van der Waals surface area contributed by atoms with Gasteiger partial charge in [0, 0.05) is 5.56 Å². The van der Waals surface area contributed by atoms with Crippen LogP contribution in [0.15, 0.2) is 18.2 Å². The van der Waals surface area contributed by atoms with Gasteiger partial charge < -0.3 is 0 Å². The predicted molar refractivity (Wildman–Crippen MR) is 55.5 cm³/mol. The van der Waals surface area contributed by atoms with Crippen molar-refractivity contribution < 1.29 is 22.3 Å². The molecule has 1 rings (SSSR count). The summed E-state index contributed by atoms with van der Waals surface area (Å²) in [7, 11) is -4.37. The molecule has 0 spiro atoms. The van der Waals surface area contributed by atoms with Crippen molar-refractivity contribution in [3.63, 3.8) is 0 Å². The van der Waals surface area contributed by atoms with E-state index in [4.69, 9.17) is 4.55 Å². The van der Waals surface area contributed by atoms with Crippen LogP contribution in [0.4, 0.5) is 10.1 Å². The fraction of sp³-hybridized carbons (Fsp3) is 0.143. The Morgan fingerprint density at radius 1 is 1.44 bits per heavy atom. The average molecular weight is 259 g/mol. The summed E-state index contributed by atoms with van der Waals surface area (Å²) < 4.78 is 42.1. The Kier molecular flexibility index (Phi) is 5.50. The van der Waals surface area contributed by atoms with E-state index in [1.54, 1.807) is 0 Å². The standard InChI is InChI=1S/C7H6FNO5S.Na.H/c8-6-2-1-5(4-15(12,13)14)7(3-6)9(10)11;;/h1-3H,4H2,(H,12,13,14);;. The first-order chi connectivity index (χ1) is 6.79. The molecule has 0 aliphatic heterocycles. The Labute approximate surface area is 113 Å². The third kappa shape index (κ3) is 4.54. The van der Waals surface area contributed by atoms with Crippen LogP contribution in [0.3, 0.4) is 0 Å². The number of hydrogen-bond acceptors (Lipinski definition) is 4. The summed E-state index contributed by atoms with van der Waals surface area (Å²) >= 11 is 0. The number of benzene rings is 1. The van der Waals surface area contributed by atoms with Gasteiger partial charge in [-0.2, -0.15) is 8.42 Å². The molecule has 0 unspecified atom stereocenters. The molecular weight excluding hydrogens is 252 g/mol. The van der Waals surface area contributed by atoms with Crippen LogP contribution in [-0.4, -0.2) is 47.5 Å². The van der Waals surface area contributed by atoms with Gasteiger partial charge in [-0.05, 0) is 12.1 Å². The predicted octanol–water partition coefficient (Wildman–Crippen LogP) is 0.473. The van der Waals surface area contributed by atoms with E-state index in [0.717, 1.165) is 12.1 Å². The maximum absolute atomic E-state index is 12.6. The fourth-order valence-corrected chi connectivity index (χ4v) is 1.66. The van der Waals surface area contributed by atoms with Gasteiger partial charge in [0.2, 0.25) is 0 Å². The number of nitro benzene ring substituents is 1. The van der Waals surface area contributed by atoms with E-state index < -0.39 is 32.3 Å². The van der Waals surface area contributed by atoms with Crippen LogP contribution in [0.25, 0.3) is 0 Å². The molecule has 84 valence electrons. The molecule has 0 aliphatic rings. The first-order valence-electron chi connectivity index (χ1n) is 3.67. The molecule has 9 heteroatoms. The molecule has 6 nitrogen and oxygen atoms in total. The van der Waals surface area contributed by atoms with Crippen molar-refractivity contribution in [2.45, 2.75) is 5.75 Å². The SMILES string of the molecule is O=[N+]([O-])c1cc(F)ccc1CS(=O)(=O)O.[NaH]. The second-order valence-electron chi connectivity index (χ2n) is 2.76. The minimum absolute atomic E-state index is 0. The topological polar surface area (TPSA) is 97.5 Å². The Bertz CT molecular complexity index is 503. The summed E-state index contributed by atoms with van der Waals surface area (Å²) in [4.78, 5) is 9.51. The molecule has 1 aromatic carbocycles. The molecule has 0 bridgehead atoms. The molecule has 0 aromatic heterocycles. The summed E-state index contributed by atoms with van der Waals surface area (Å²) in [6.07, 6.45) is 0. The van der Waals surface area contributed by atoms with E-state index in [-0.39, 0.29) is 35.1 Å². The van der Waals surface area contributed by atoms with Crippen LogP contribution in [0.2, 0.25) is 0 Å². The second kappa shape index (κ2) is 5.69. The summed E-state index contributed by atoms with van der Waals surface area (Å²) in [6.45, 7) is 0. The normalized spacial score (nSPS) is 10.6. The first kappa shape index (κ1) is 15.5. The molecule has 0 radical (unpaired) electrons. The third-order valence-electron chi connectivity index (χ3n) is 1.58. The van der Waals surface area contributed by atoms with Crippen LogP contribution >= 0.6 is 0 Å². The number of nitrogens with zero attached hydrogens (tertiary/aromatic N) is 1. The Hall–Kier alpha value is -0.540. The molecule has 0 amide bonds. The number of hydrogen-bond donors (Lipinski definition) is 1. The van der Waals surface area contributed by atoms with E-state index in [9.17, 15) is 22.9 Å². The van der Waals surface area contributed by atoms with Gasteiger partial charge in [-0.25, -0.2) is 4.39 Å². The first-order valence-corrected chi connectivity index (χ1v) is 5.28. The monoisotopic (exact) mass is 259 g/mol. The van der Waals surface area contributed by atoms with E-state index in [0.29, 0.717) is 6.07 Å². The zero-order valence-corrected chi connectivity index (χ0v) is 8.07. The average Bonchev–Trinajstić information content (AvgIpc) is 2.05. The molecular formula is C7H7FNNaO5S. The van der Waals surface area contributed by atoms with Gasteiger partial charge in [-0.1, -0.05) is 0 Å². The molecule has 16 heavy (non-hydrogen) atoms.